The molecule has 0 radical (unpaired) electrons. The SMILES string of the molecule is CCCl.CCOC(=O)C12CCC(NCC(=O)N3CC(F)(F)C[C@H]3C#N)(CC1)CC2.NC12CCC(C(=O)O)(CC1)CC2. The number of carboxylic acids is 1. The van der Waals surface area contributed by atoms with E-state index < -0.39 is 47.6 Å². The Labute approximate surface area is 246 Å². The van der Waals surface area contributed by atoms with Crippen LogP contribution in [0, 0.1) is 22.2 Å². The van der Waals surface area contributed by atoms with Gasteiger partial charge in [0.15, 0.2) is 0 Å². The fourth-order valence-corrected chi connectivity index (χ4v) is 7.14. The quantitative estimate of drug-likeness (QED) is 0.300. The standard InChI is InChI=1S/C18H25F2N3O3.C9H15NO2.C2H5Cl/c1-2-26-15(25)16-3-6-17(7-4-16,8-5-16)22-11-14(24)23-12-18(19,20)9-13(23)10-21;10-9-4-1-8(2-5-9,3-6-9)7(11)12;1-2-3/h13,22H,2-9,11-12H2,1H3;1-6,10H2,(H,11,12);2H2,1H3/t13-,16?,17?;;/m0../s1. The number of alkyl halides is 3. The minimum Gasteiger partial charge on any atom is -0.481 e. The van der Waals surface area contributed by atoms with Crippen LogP contribution in [0.15, 0.2) is 0 Å². The Morgan fingerprint density at radius 1 is 1.00 bits per heavy atom. The maximum atomic E-state index is 13.5. The summed E-state index contributed by atoms with van der Waals surface area (Å²) in [6, 6.07) is 0.731. The van der Waals surface area contributed by atoms with Gasteiger partial charge in [0.2, 0.25) is 5.91 Å². The van der Waals surface area contributed by atoms with Gasteiger partial charge < -0.3 is 25.8 Å². The van der Waals surface area contributed by atoms with Gasteiger partial charge in [-0.15, -0.1) is 11.6 Å². The lowest BCUT2D eigenvalue weighted by molar-refractivity contribution is -0.163. The average Bonchev–Trinajstić information content (AvgIpc) is 3.29. The third-order valence-corrected chi connectivity index (χ3v) is 10.1. The van der Waals surface area contributed by atoms with Crippen LogP contribution in [-0.2, 0) is 19.1 Å². The Hall–Kier alpha value is -2.03. The Bertz CT molecular complexity index is 971. The zero-order chi connectivity index (χ0) is 30.5. The fourth-order valence-electron chi connectivity index (χ4n) is 7.14. The van der Waals surface area contributed by atoms with Crippen molar-refractivity contribution in [3.63, 3.8) is 0 Å². The number of aliphatic carboxylic acids is 1. The molecular weight excluding hydrogens is 558 g/mol. The predicted octanol–water partition coefficient (Wildman–Crippen LogP) is 4.36. The molecule has 232 valence electrons. The van der Waals surface area contributed by atoms with Gasteiger partial charge in [-0.05, 0) is 84.0 Å². The zero-order valence-electron chi connectivity index (χ0n) is 24.3. The van der Waals surface area contributed by atoms with E-state index in [1.165, 1.54) is 0 Å². The number of rotatable bonds is 6. The second kappa shape index (κ2) is 13.1. The zero-order valence-corrected chi connectivity index (χ0v) is 25.0. The highest BCUT2D eigenvalue weighted by Gasteiger charge is 2.54. The Kier molecular flexibility index (Phi) is 10.7. The maximum Gasteiger partial charge on any atom is 0.312 e. The molecule has 1 heterocycles. The van der Waals surface area contributed by atoms with E-state index in [2.05, 4.69) is 5.32 Å². The first-order valence-corrected chi connectivity index (χ1v) is 15.3. The van der Waals surface area contributed by atoms with Gasteiger partial charge in [0.25, 0.3) is 5.92 Å². The number of hydrogen-bond acceptors (Lipinski definition) is 7. The lowest BCUT2D eigenvalue weighted by Crippen LogP contribution is -2.58. The molecule has 4 bridgehead atoms. The molecule has 1 amide bonds. The summed E-state index contributed by atoms with van der Waals surface area (Å²) in [5, 5.41) is 21.3. The molecule has 0 spiro atoms. The minimum atomic E-state index is -3.00. The summed E-state index contributed by atoms with van der Waals surface area (Å²) in [5.41, 5.74) is 5.02. The van der Waals surface area contributed by atoms with Crippen molar-refractivity contribution in [3.8, 4) is 6.07 Å². The van der Waals surface area contributed by atoms with Crippen molar-refractivity contribution >= 4 is 29.4 Å². The van der Waals surface area contributed by atoms with Gasteiger partial charge in [-0.3, -0.25) is 14.4 Å². The number of nitriles is 1. The van der Waals surface area contributed by atoms with Crippen molar-refractivity contribution in [2.75, 3.05) is 25.6 Å². The molecule has 12 heteroatoms. The molecule has 1 aliphatic heterocycles. The van der Waals surface area contributed by atoms with E-state index in [0.29, 0.717) is 6.61 Å². The summed E-state index contributed by atoms with van der Waals surface area (Å²) >= 11 is 5.00. The van der Waals surface area contributed by atoms with E-state index in [0.717, 1.165) is 87.8 Å². The van der Waals surface area contributed by atoms with Gasteiger partial charge in [0.1, 0.15) is 6.04 Å². The first-order valence-electron chi connectivity index (χ1n) is 14.8. The monoisotopic (exact) mass is 602 g/mol. The molecule has 7 rings (SSSR count). The number of nitrogens with one attached hydrogen (secondary N) is 1. The van der Waals surface area contributed by atoms with E-state index in [1.54, 1.807) is 13.0 Å². The fraction of sp³-hybridized carbons (Fsp3) is 0.862. The van der Waals surface area contributed by atoms with Gasteiger partial charge in [0, 0.05) is 23.4 Å². The lowest BCUT2D eigenvalue weighted by atomic mass is 9.57. The normalized spacial score (nSPS) is 36.2. The molecule has 0 aromatic rings. The molecule has 6 aliphatic carbocycles. The number of amides is 1. The highest BCUT2D eigenvalue weighted by atomic mass is 35.5. The molecule has 9 nitrogen and oxygen atoms in total. The second-order valence-electron chi connectivity index (χ2n) is 12.6. The number of esters is 1. The number of fused-ring (bicyclic) bond motifs is 6. The van der Waals surface area contributed by atoms with Crippen molar-refractivity contribution in [1.82, 2.24) is 10.2 Å². The molecule has 7 aliphatic rings. The van der Waals surface area contributed by atoms with Gasteiger partial charge in [-0.1, -0.05) is 6.92 Å². The Balaban J connectivity index is 0.000000255. The second-order valence-corrected chi connectivity index (χ2v) is 13.1. The topological polar surface area (TPSA) is 146 Å². The van der Waals surface area contributed by atoms with Crippen molar-refractivity contribution in [2.24, 2.45) is 16.6 Å². The smallest absolute Gasteiger partial charge is 0.312 e. The summed E-state index contributed by atoms with van der Waals surface area (Å²) < 4.78 is 32.2. The van der Waals surface area contributed by atoms with Crippen LogP contribution in [0.5, 0.6) is 0 Å². The highest BCUT2D eigenvalue weighted by Crippen LogP contribution is 2.53. The number of halogens is 3. The molecular formula is C29H45ClF2N4O5. The van der Waals surface area contributed by atoms with E-state index in [1.807, 2.05) is 6.92 Å². The van der Waals surface area contributed by atoms with Crippen molar-refractivity contribution in [3.05, 3.63) is 0 Å². The minimum absolute atomic E-state index is 0.0167. The molecule has 0 aromatic carbocycles. The Morgan fingerprint density at radius 3 is 1.93 bits per heavy atom. The van der Waals surface area contributed by atoms with Crippen molar-refractivity contribution in [2.45, 2.75) is 120 Å². The molecule has 1 atom stereocenters. The molecule has 0 unspecified atom stereocenters. The number of carbonyl (C=O) groups is 3. The maximum absolute atomic E-state index is 13.5. The highest BCUT2D eigenvalue weighted by molar-refractivity contribution is 6.17. The lowest BCUT2D eigenvalue weighted by Gasteiger charge is -2.52. The van der Waals surface area contributed by atoms with Gasteiger partial charge in [0.05, 0.1) is 36.6 Å². The van der Waals surface area contributed by atoms with Crippen LogP contribution in [0.4, 0.5) is 8.78 Å². The summed E-state index contributed by atoms with van der Waals surface area (Å²) in [5.74, 6) is -3.47. The summed E-state index contributed by atoms with van der Waals surface area (Å²) in [7, 11) is 0. The number of hydrogen-bond donors (Lipinski definition) is 3. The number of nitrogens with zero attached hydrogens (tertiary/aromatic N) is 2. The third kappa shape index (κ3) is 7.49. The van der Waals surface area contributed by atoms with Crippen LogP contribution in [0.2, 0.25) is 0 Å². The van der Waals surface area contributed by atoms with Gasteiger partial charge in [-0.2, -0.15) is 5.26 Å². The van der Waals surface area contributed by atoms with E-state index in [4.69, 9.17) is 32.4 Å². The van der Waals surface area contributed by atoms with Crippen LogP contribution >= 0.6 is 11.6 Å². The Morgan fingerprint density at radius 2 is 1.49 bits per heavy atom. The van der Waals surface area contributed by atoms with Crippen molar-refractivity contribution < 1.29 is 33.0 Å². The van der Waals surface area contributed by atoms with Crippen LogP contribution in [0.3, 0.4) is 0 Å². The number of carbonyl (C=O) groups excluding carboxylic acids is 2. The third-order valence-electron chi connectivity index (χ3n) is 10.1. The van der Waals surface area contributed by atoms with Gasteiger partial charge >= 0.3 is 11.9 Å². The predicted molar refractivity (Wildman–Crippen MR) is 149 cm³/mol. The van der Waals surface area contributed by atoms with Crippen LogP contribution < -0.4 is 11.1 Å². The molecule has 0 aromatic heterocycles. The molecule has 7 fully saturated rings. The van der Waals surface area contributed by atoms with E-state index in [-0.39, 0.29) is 23.6 Å². The van der Waals surface area contributed by atoms with E-state index in [9.17, 15) is 23.2 Å². The molecule has 1 saturated heterocycles. The number of nitrogens with two attached hydrogens (primary N) is 1. The van der Waals surface area contributed by atoms with Crippen LogP contribution in [-0.4, -0.2) is 76.5 Å². The van der Waals surface area contributed by atoms with Crippen LogP contribution in [0.25, 0.3) is 0 Å². The van der Waals surface area contributed by atoms with Crippen LogP contribution in [0.1, 0.15) is 97.3 Å². The summed E-state index contributed by atoms with van der Waals surface area (Å²) in [4.78, 5) is 36.6. The van der Waals surface area contributed by atoms with Gasteiger partial charge in [-0.25, -0.2) is 8.78 Å². The first kappa shape index (κ1) is 33.5. The summed E-state index contributed by atoms with van der Waals surface area (Å²) in [6.45, 7) is 3.32. The number of likely N-dealkylation sites (tertiary alicyclic amines) is 1. The first-order chi connectivity index (χ1) is 19.2. The average molecular weight is 603 g/mol. The number of ether oxygens (including phenoxy) is 1. The summed E-state index contributed by atoms with van der Waals surface area (Å²) in [6.07, 6.45) is 8.92. The molecule has 6 saturated carbocycles. The largest absolute Gasteiger partial charge is 0.481 e. The molecule has 4 N–H and O–H groups in total. The van der Waals surface area contributed by atoms with Crippen molar-refractivity contribution in [1.29, 1.82) is 5.26 Å². The number of carboxylic acid groups (broad SMARTS) is 1. The van der Waals surface area contributed by atoms with E-state index >= 15 is 0 Å². The molecule has 41 heavy (non-hydrogen) atoms.